The van der Waals surface area contributed by atoms with Gasteiger partial charge in [-0.05, 0) is 50.8 Å². The lowest BCUT2D eigenvalue weighted by molar-refractivity contribution is 0.535. The summed E-state index contributed by atoms with van der Waals surface area (Å²) in [5, 5.41) is 3.48. The van der Waals surface area contributed by atoms with Crippen LogP contribution >= 0.6 is 0 Å². The molecule has 0 radical (unpaired) electrons. The van der Waals surface area contributed by atoms with E-state index < -0.39 is 0 Å². The highest BCUT2D eigenvalue weighted by Crippen LogP contribution is 2.06. The molecule has 1 N–H and O–H groups in total. The summed E-state index contributed by atoms with van der Waals surface area (Å²) in [4.78, 5) is 0. The molecule has 1 aromatic carbocycles. The third-order valence-corrected chi connectivity index (χ3v) is 2.74. The molecule has 0 unspecified atom stereocenters. The van der Waals surface area contributed by atoms with E-state index in [0.717, 1.165) is 19.0 Å². The van der Waals surface area contributed by atoms with Gasteiger partial charge < -0.3 is 5.32 Å². The van der Waals surface area contributed by atoms with Crippen molar-refractivity contribution in [3.8, 4) is 0 Å². The number of unbranched alkanes of at least 4 members (excludes halogenated alkanes) is 1. The maximum Gasteiger partial charge on any atom is -0.00258 e. The molecular weight excluding hydrogens is 194 g/mol. The average Bonchev–Trinajstić information content (AvgIpc) is 2.25. The molecule has 0 aliphatic carbocycles. The Kier molecular flexibility index (Phi) is 6.17. The fraction of sp³-hybridized carbons (Fsp3) is 0.600. The van der Waals surface area contributed by atoms with Crippen LogP contribution < -0.4 is 5.32 Å². The third kappa shape index (κ3) is 5.92. The zero-order valence-corrected chi connectivity index (χ0v) is 10.9. The molecule has 1 rings (SSSR count). The van der Waals surface area contributed by atoms with Crippen molar-refractivity contribution in [3.63, 3.8) is 0 Å². The summed E-state index contributed by atoms with van der Waals surface area (Å²) in [7, 11) is 0. The second-order valence-electron chi connectivity index (χ2n) is 5.04. The van der Waals surface area contributed by atoms with Crippen LogP contribution in [0.5, 0.6) is 0 Å². The van der Waals surface area contributed by atoms with Crippen LogP contribution in [0.2, 0.25) is 0 Å². The van der Waals surface area contributed by atoms with Crippen molar-refractivity contribution in [2.45, 2.75) is 40.0 Å². The van der Waals surface area contributed by atoms with Crippen LogP contribution in [0.3, 0.4) is 0 Å². The van der Waals surface area contributed by atoms with Gasteiger partial charge in [0, 0.05) is 0 Å². The van der Waals surface area contributed by atoms with Crippen molar-refractivity contribution in [1.29, 1.82) is 0 Å². The molecule has 0 bridgehead atoms. The smallest absolute Gasteiger partial charge is 0.00258 e. The Morgan fingerprint density at radius 3 is 2.38 bits per heavy atom. The van der Waals surface area contributed by atoms with E-state index in [1.165, 1.54) is 30.4 Å². The number of rotatable bonds is 7. The maximum atomic E-state index is 3.48. The van der Waals surface area contributed by atoms with Gasteiger partial charge >= 0.3 is 0 Å². The van der Waals surface area contributed by atoms with E-state index >= 15 is 0 Å². The molecule has 0 heterocycles. The van der Waals surface area contributed by atoms with Crippen LogP contribution in [0, 0.1) is 12.8 Å². The quantitative estimate of drug-likeness (QED) is 0.691. The SMILES string of the molecule is Cc1ccc(CCCCNCC(C)C)cc1. The first kappa shape index (κ1) is 13.2. The molecule has 0 saturated heterocycles. The van der Waals surface area contributed by atoms with Crippen molar-refractivity contribution < 1.29 is 0 Å². The van der Waals surface area contributed by atoms with E-state index in [1.54, 1.807) is 0 Å². The van der Waals surface area contributed by atoms with Gasteiger partial charge in [-0.1, -0.05) is 43.7 Å². The Bertz CT molecular complexity index is 274. The topological polar surface area (TPSA) is 12.0 Å². The van der Waals surface area contributed by atoms with Crippen LogP contribution in [0.15, 0.2) is 24.3 Å². The highest BCUT2D eigenvalue weighted by Gasteiger charge is 1.95. The molecule has 0 atom stereocenters. The second kappa shape index (κ2) is 7.45. The van der Waals surface area contributed by atoms with E-state index in [1.807, 2.05) is 0 Å². The second-order valence-corrected chi connectivity index (χ2v) is 5.04. The average molecular weight is 219 g/mol. The molecule has 90 valence electrons. The van der Waals surface area contributed by atoms with Crippen LogP contribution in [0.25, 0.3) is 0 Å². The molecule has 0 aliphatic rings. The van der Waals surface area contributed by atoms with Crippen molar-refractivity contribution in [2.75, 3.05) is 13.1 Å². The standard InChI is InChI=1S/C15H25N/c1-13(2)12-16-11-5-4-6-15-9-7-14(3)8-10-15/h7-10,13,16H,4-6,11-12H2,1-3H3. The van der Waals surface area contributed by atoms with E-state index in [4.69, 9.17) is 0 Å². The molecule has 0 fully saturated rings. The van der Waals surface area contributed by atoms with Gasteiger partial charge in [-0.15, -0.1) is 0 Å². The lowest BCUT2D eigenvalue weighted by Gasteiger charge is -2.07. The van der Waals surface area contributed by atoms with Crippen molar-refractivity contribution in [3.05, 3.63) is 35.4 Å². The zero-order valence-electron chi connectivity index (χ0n) is 10.9. The van der Waals surface area contributed by atoms with Gasteiger partial charge in [0.1, 0.15) is 0 Å². The van der Waals surface area contributed by atoms with Gasteiger partial charge in [0.05, 0.1) is 0 Å². The Hall–Kier alpha value is -0.820. The fourth-order valence-corrected chi connectivity index (χ4v) is 1.72. The minimum absolute atomic E-state index is 0.761. The lowest BCUT2D eigenvalue weighted by Crippen LogP contribution is -2.20. The number of hydrogen-bond acceptors (Lipinski definition) is 1. The van der Waals surface area contributed by atoms with Crippen molar-refractivity contribution in [1.82, 2.24) is 5.32 Å². The summed E-state index contributed by atoms with van der Waals surface area (Å²) in [5.41, 5.74) is 2.82. The van der Waals surface area contributed by atoms with E-state index in [-0.39, 0.29) is 0 Å². The maximum absolute atomic E-state index is 3.48. The van der Waals surface area contributed by atoms with Crippen LogP contribution in [0.1, 0.15) is 37.8 Å². The Morgan fingerprint density at radius 2 is 1.75 bits per heavy atom. The fourth-order valence-electron chi connectivity index (χ4n) is 1.72. The van der Waals surface area contributed by atoms with Gasteiger partial charge in [0.15, 0.2) is 0 Å². The molecule has 1 nitrogen and oxygen atoms in total. The van der Waals surface area contributed by atoms with Gasteiger partial charge in [-0.2, -0.15) is 0 Å². The first-order chi connectivity index (χ1) is 7.68. The minimum atomic E-state index is 0.761. The summed E-state index contributed by atoms with van der Waals surface area (Å²) in [5.74, 6) is 0.761. The predicted octanol–water partition coefficient (Wildman–Crippen LogP) is 3.56. The van der Waals surface area contributed by atoms with Crippen LogP contribution in [-0.4, -0.2) is 13.1 Å². The molecular formula is C15H25N. The Labute approximate surface area is 100 Å². The Balaban J connectivity index is 2.05. The number of hydrogen-bond donors (Lipinski definition) is 1. The van der Waals surface area contributed by atoms with E-state index in [9.17, 15) is 0 Å². The predicted molar refractivity (Wildman–Crippen MR) is 71.8 cm³/mol. The normalized spacial score (nSPS) is 11.0. The monoisotopic (exact) mass is 219 g/mol. The summed E-state index contributed by atoms with van der Waals surface area (Å²) >= 11 is 0. The van der Waals surface area contributed by atoms with Gasteiger partial charge in [-0.25, -0.2) is 0 Å². The third-order valence-electron chi connectivity index (χ3n) is 2.74. The first-order valence-electron chi connectivity index (χ1n) is 6.44. The van der Waals surface area contributed by atoms with E-state index in [0.29, 0.717) is 0 Å². The summed E-state index contributed by atoms with van der Waals surface area (Å²) < 4.78 is 0. The van der Waals surface area contributed by atoms with Crippen molar-refractivity contribution >= 4 is 0 Å². The van der Waals surface area contributed by atoms with Gasteiger partial charge in [0.25, 0.3) is 0 Å². The molecule has 1 aromatic rings. The van der Waals surface area contributed by atoms with Crippen LogP contribution in [-0.2, 0) is 6.42 Å². The molecule has 0 aromatic heterocycles. The first-order valence-corrected chi connectivity index (χ1v) is 6.44. The van der Waals surface area contributed by atoms with Crippen molar-refractivity contribution in [2.24, 2.45) is 5.92 Å². The molecule has 16 heavy (non-hydrogen) atoms. The Morgan fingerprint density at radius 1 is 1.06 bits per heavy atom. The van der Waals surface area contributed by atoms with Gasteiger partial charge in [-0.3, -0.25) is 0 Å². The number of nitrogens with one attached hydrogen (secondary N) is 1. The molecule has 0 spiro atoms. The summed E-state index contributed by atoms with van der Waals surface area (Å²) in [6.07, 6.45) is 3.78. The number of aryl methyl sites for hydroxylation is 2. The summed E-state index contributed by atoms with van der Waals surface area (Å²) in [6.45, 7) is 8.94. The largest absolute Gasteiger partial charge is 0.316 e. The molecule has 0 amide bonds. The highest BCUT2D eigenvalue weighted by molar-refractivity contribution is 5.21. The lowest BCUT2D eigenvalue weighted by atomic mass is 10.1. The number of benzene rings is 1. The highest BCUT2D eigenvalue weighted by atomic mass is 14.8. The summed E-state index contributed by atoms with van der Waals surface area (Å²) in [6, 6.07) is 8.90. The molecule has 0 aliphatic heterocycles. The van der Waals surface area contributed by atoms with Gasteiger partial charge in [0.2, 0.25) is 0 Å². The van der Waals surface area contributed by atoms with E-state index in [2.05, 4.69) is 50.4 Å². The zero-order chi connectivity index (χ0) is 11.8. The van der Waals surface area contributed by atoms with Crippen LogP contribution in [0.4, 0.5) is 0 Å². The molecule has 0 saturated carbocycles. The molecule has 1 heteroatoms. The minimum Gasteiger partial charge on any atom is -0.316 e.